The smallest absolute Gasteiger partial charge is 0.159 e. The first-order valence-corrected chi connectivity index (χ1v) is 7.72. The molecule has 1 aliphatic heterocycles. The highest BCUT2D eigenvalue weighted by atomic mass is 32.1. The minimum atomic E-state index is -0.833. The molecule has 0 unspecified atom stereocenters. The van der Waals surface area contributed by atoms with Crippen LogP contribution in [0.1, 0.15) is 28.7 Å². The molecule has 21 heavy (non-hydrogen) atoms. The number of rotatable bonds is 4. The van der Waals surface area contributed by atoms with Crippen LogP contribution in [-0.4, -0.2) is 17.6 Å². The number of aryl methyl sites for hydroxylation is 1. The number of thiazole rings is 1. The summed E-state index contributed by atoms with van der Waals surface area (Å²) in [4.78, 5) is 5.40. The largest absolute Gasteiger partial charge is 0.372 e. The van der Waals surface area contributed by atoms with Gasteiger partial charge in [-0.25, -0.2) is 13.8 Å². The van der Waals surface area contributed by atoms with Crippen LogP contribution in [0.2, 0.25) is 0 Å². The Hall–Kier alpha value is -1.37. The summed E-state index contributed by atoms with van der Waals surface area (Å²) in [6, 6.07) is 4.05. The van der Waals surface area contributed by atoms with E-state index in [-0.39, 0.29) is 12.1 Å². The summed E-state index contributed by atoms with van der Waals surface area (Å²) >= 11 is 1.61. The Morgan fingerprint density at radius 1 is 1.38 bits per heavy atom. The molecule has 6 heteroatoms. The third kappa shape index (κ3) is 3.12. The second-order valence-corrected chi connectivity index (χ2v) is 6.04. The highest BCUT2D eigenvalue weighted by Gasteiger charge is 2.30. The van der Waals surface area contributed by atoms with Gasteiger partial charge < -0.3 is 10.1 Å². The molecule has 1 aliphatic rings. The zero-order valence-corrected chi connectivity index (χ0v) is 12.4. The molecule has 1 aromatic heterocycles. The van der Waals surface area contributed by atoms with Gasteiger partial charge in [-0.15, -0.1) is 11.3 Å². The Morgan fingerprint density at radius 3 is 2.95 bits per heavy atom. The van der Waals surface area contributed by atoms with E-state index in [1.165, 1.54) is 10.9 Å². The third-order valence-corrected chi connectivity index (χ3v) is 4.67. The highest BCUT2D eigenvalue weighted by Crippen LogP contribution is 2.30. The Labute approximate surface area is 126 Å². The second-order valence-electron chi connectivity index (χ2n) is 5.10. The molecule has 1 saturated heterocycles. The second kappa shape index (κ2) is 6.17. The van der Waals surface area contributed by atoms with Crippen molar-refractivity contribution in [2.75, 3.05) is 6.61 Å². The zero-order chi connectivity index (χ0) is 14.8. The van der Waals surface area contributed by atoms with Crippen molar-refractivity contribution in [2.45, 2.75) is 32.0 Å². The van der Waals surface area contributed by atoms with Crippen LogP contribution in [0.15, 0.2) is 23.7 Å². The molecule has 112 valence electrons. The van der Waals surface area contributed by atoms with Crippen molar-refractivity contribution < 1.29 is 13.5 Å². The lowest BCUT2D eigenvalue weighted by atomic mass is 10.0. The third-order valence-electron chi connectivity index (χ3n) is 3.73. The molecule has 3 rings (SSSR count). The summed E-state index contributed by atoms with van der Waals surface area (Å²) in [7, 11) is 0. The van der Waals surface area contributed by atoms with Crippen LogP contribution in [0, 0.1) is 18.6 Å². The van der Waals surface area contributed by atoms with E-state index in [1.807, 2.05) is 12.4 Å². The van der Waals surface area contributed by atoms with Crippen LogP contribution >= 0.6 is 11.3 Å². The van der Waals surface area contributed by atoms with Crippen molar-refractivity contribution in [1.29, 1.82) is 0 Å². The maximum Gasteiger partial charge on any atom is 0.159 e. The van der Waals surface area contributed by atoms with Crippen LogP contribution in [-0.2, 0) is 11.3 Å². The van der Waals surface area contributed by atoms with Gasteiger partial charge in [0.25, 0.3) is 0 Å². The first-order chi connectivity index (χ1) is 10.1. The first-order valence-electron chi connectivity index (χ1n) is 6.84. The standard InChI is InChI=1S/C15H16F2N2OS/c1-9-14(21-8-19-9)7-18-13-4-5-20-15(13)10-2-3-11(16)12(17)6-10/h2-3,6,8,13,15,18H,4-5,7H2,1H3/t13-,15+/m0/s1. The molecular formula is C15H16F2N2OS. The van der Waals surface area contributed by atoms with Crippen LogP contribution in [0.3, 0.4) is 0 Å². The lowest BCUT2D eigenvalue weighted by Gasteiger charge is -2.20. The molecule has 0 aliphatic carbocycles. The summed E-state index contributed by atoms with van der Waals surface area (Å²) in [5.74, 6) is -1.67. The predicted octanol–water partition coefficient (Wildman–Crippen LogP) is 3.35. The molecular weight excluding hydrogens is 294 g/mol. The topological polar surface area (TPSA) is 34.2 Å². The van der Waals surface area contributed by atoms with E-state index in [4.69, 9.17) is 4.74 Å². The molecule has 0 spiro atoms. The zero-order valence-electron chi connectivity index (χ0n) is 11.6. The normalized spacial score (nSPS) is 21.9. The Balaban J connectivity index is 1.70. The van der Waals surface area contributed by atoms with E-state index in [0.717, 1.165) is 18.2 Å². The molecule has 2 heterocycles. The number of ether oxygens (including phenoxy) is 1. The highest BCUT2D eigenvalue weighted by molar-refractivity contribution is 7.09. The van der Waals surface area contributed by atoms with Crippen molar-refractivity contribution in [3.05, 3.63) is 51.5 Å². The van der Waals surface area contributed by atoms with Crippen molar-refractivity contribution >= 4 is 11.3 Å². The molecule has 1 aromatic carbocycles. The Bertz CT molecular complexity index is 632. The summed E-state index contributed by atoms with van der Waals surface area (Å²) in [6.45, 7) is 3.30. The number of aromatic nitrogens is 1. The summed E-state index contributed by atoms with van der Waals surface area (Å²) < 4.78 is 32.1. The number of halogens is 2. The van der Waals surface area contributed by atoms with Crippen molar-refractivity contribution in [3.8, 4) is 0 Å². The Morgan fingerprint density at radius 2 is 2.24 bits per heavy atom. The monoisotopic (exact) mass is 310 g/mol. The van der Waals surface area contributed by atoms with E-state index in [2.05, 4.69) is 10.3 Å². The molecule has 2 atom stereocenters. The van der Waals surface area contributed by atoms with Gasteiger partial charge in [-0.3, -0.25) is 0 Å². The van der Waals surface area contributed by atoms with Crippen molar-refractivity contribution in [3.63, 3.8) is 0 Å². The van der Waals surface area contributed by atoms with Crippen LogP contribution in [0.25, 0.3) is 0 Å². The lowest BCUT2D eigenvalue weighted by Crippen LogP contribution is -2.31. The minimum Gasteiger partial charge on any atom is -0.372 e. The van der Waals surface area contributed by atoms with Crippen LogP contribution in [0.4, 0.5) is 8.78 Å². The van der Waals surface area contributed by atoms with Gasteiger partial charge in [0, 0.05) is 24.1 Å². The fraction of sp³-hybridized carbons (Fsp3) is 0.400. The van der Waals surface area contributed by atoms with Gasteiger partial charge in [0.2, 0.25) is 0 Å². The lowest BCUT2D eigenvalue weighted by molar-refractivity contribution is 0.0981. The van der Waals surface area contributed by atoms with E-state index in [0.29, 0.717) is 18.7 Å². The quantitative estimate of drug-likeness (QED) is 0.940. The van der Waals surface area contributed by atoms with E-state index < -0.39 is 11.6 Å². The molecule has 1 fully saturated rings. The number of benzene rings is 1. The van der Waals surface area contributed by atoms with Gasteiger partial charge in [-0.2, -0.15) is 0 Å². The number of hydrogen-bond donors (Lipinski definition) is 1. The molecule has 0 saturated carbocycles. The first kappa shape index (κ1) is 14.6. The number of nitrogens with zero attached hydrogens (tertiary/aromatic N) is 1. The van der Waals surface area contributed by atoms with Crippen molar-refractivity contribution in [2.24, 2.45) is 0 Å². The van der Waals surface area contributed by atoms with Gasteiger partial charge in [0.05, 0.1) is 17.3 Å². The molecule has 1 N–H and O–H groups in total. The van der Waals surface area contributed by atoms with Crippen molar-refractivity contribution in [1.82, 2.24) is 10.3 Å². The van der Waals surface area contributed by atoms with Crippen LogP contribution < -0.4 is 5.32 Å². The fourth-order valence-electron chi connectivity index (χ4n) is 2.54. The summed E-state index contributed by atoms with van der Waals surface area (Å²) in [6.07, 6.45) is 0.606. The summed E-state index contributed by atoms with van der Waals surface area (Å²) in [5, 5.41) is 3.44. The average molecular weight is 310 g/mol. The SMILES string of the molecule is Cc1ncsc1CN[C@H]1CCO[C@@H]1c1ccc(F)c(F)c1. The average Bonchev–Trinajstić information content (AvgIpc) is 3.08. The van der Waals surface area contributed by atoms with Gasteiger partial charge in [-0.1, -0.05) is 6.07 Å². The Kier molecular flexibility index (Phi) is 4.28. The van der Waals surface area contributed by atoms with E-state index in [1.54, 1.807) is 17.4 Å². The molecule has 3 nitrogen and oxygen atoms in total. The van der Waals surface area contributed by atoms with Gasteiger partial charge >= 0.3 is 0 Å². The number of hydrogen-bond acceptors (Lipinski definition) is 4. The maximum atomic E-state index is 13.4. The summed E-state index contributed by atoms with van der Waals surface area (Å²) in [5.41, 5.74) is 3.52. The van der Waals surface area contributed by atoms with Crippen LogP contribution in [0.5, 0.6) is 0 Å². The maximum absolute atomic E-state index is 13.4. The van der Waals surface area contributed by atoms with Gasteiger partial charge in [-0.05, 0) is 31.0 Å². The van der Waals surface area contributed by atoms with E-state index >= 15 is 0 Å². The number of nitrogens with one attached hydrogen (secondary N) is 1. The predicted molar refractivity (Wildman–Crippen MR) is 77.1 cm³/mol. The molecule has 2 aromatic rings. The van der Waals surface area contributed by atoms with E-state index in [9.17, 15) is 8.78 Å². The van der Waals surface area contributed by atoms with Gasteiger partial charge in [0.1, 0.15) is 0 Å². The molecule has 0 amide bonds. The minimum absolute atomic E-state index is 0.0939. The molecule has 0 bridgehead atoms. The fourth-order valence-corrected chi connectivity index (χ4v) is 3.26. The molecule has 0 radical (unpaired) electrons. The van der Waals surface area contributed by atoms with Gasteiger partial charge in [0.15, 0.2) is 11.6 Å².